The van der Waals surface area contributed by atoms with Crippen LogP contribution in [0.4, 0.5) is 11.5 Å². The number of nitrogens with zero attached hydrogens (tertiary/aromatic N) is 3. The second-order valence-corrected chi connectivity index (χ2v) is 9.11. The number of ether oxygens (including phenoxy) is 1. The van der Waals surface area contributed by atoms with Crippen molar-refractivity contribution in [2.45, 2.75) is 6.61 Å². The number of benzene rings is 3. The number of nitro groups is 1. The highest BCUT2D eigenvalue weighted by atomic mass is 127. The Morgan fingerprint density at radius 2 is 1.78 bits per heavy atom. The van der Waals surface area contributed by atoms with Gasteiger partial charge in [-0.15, -0.1) is 0 Å². The molecule has 0 saturated heterocycles. The van der Waals surface area contributed by atoms with Crippen molar-refractivity contribution in [1.29, 1.82) is 0 Å². The Labute approximate surface area is 211 Å². The highest BCUT2D eigenvalue weighted by Gasteiger charge is 2.13. The maximum Gasteiger partial charge on any atom is 0.313 e. The molecule has 0 saturated carbocycles. The van der Waals surface area contributed by atoms with Gasteiger partial charge in [-0.2, -0.15) is 5.10 Å². The first-order valence-electron chi connectivity index (χ1n) is 9.49. The monoisotopic (exact) mass is 650 g/mol. The van der Waals surface area contributed by atoms with Crippen LogP contribution in [0.25, 0.3) is 10.8 Å². The molecule has 0 aliphatic heterocycles. The van der Waals surface area contributed by atoms with Gasteiger partial charge >= 0.3 is 5.69 Å². The van der Waals surface area contributed by atoms with Crippen molar-refractivity contribution in [3.8, 4) is 5.75 Å². The van der Waals surface area contributed by atoms with Gasteiger partial charge in [-0.05, 0) is 91.3 Å². The van der Waals surface area contributed by atoms with Crippen LogP contribution in [-0.4, -0.2) is 16.1 Å². The minimum absolute atomic E-state index is 0.0912. The van der Waals surface area contributed by atoms with Gasteiger partial charge in [0.1, 0.15) is 12.4 Å². The summed E-state index contributed by atoms with van der Waals surface area (Å²) in [4.78, 5) is 14.5. The molecule has 9 heteroatoms. The Morgan fingerprint density at radius 1 is 1.03 bits per heavy atom. The van der Waals surface area contributed by atoms with Crippen molar-refractivity contribution < 1.29 is 9.66 Å². The molecule has 32 heavy (non-hydrogen) atoms. The summed E-state index contributed by atoms with van der Waals surface area (Å²) in [6, 6.07) is 21.3. The van der Waals surface area contributed by atoms with E-state index in [1.165, 1.54) is 29.1 Å². The Bertz CT molecular complexity index is 1300. The van der Waals surface area contributed by atoms with E-state index in [4.69, 9.17) is 4.74 Å². The molecule has 0 aliphatic rings. The van der Waals surface area contributed by atoms with E-state index in [1.807, 2.05) is 24.3 Å². The van der Waals surface area contributed by atoms with Crippen LogP contribution in [0.1, 0.15) is 11.1 Å². The van der Waals surface area contributed by atoms with E-state index in [0.717, 1.165) is 24.0 Å². The van der Waals surface area contributed by atoms with Gasteiger partial charge in [-0.25, -0.2) is 4.98 Å². The first-order chi connectivity index (χ1) is 15.5. The molecule has 4 rings (SSSR count). The van der Waals surface area contributed by atoms with E-state index in [9.17, 15) is 10.1 Å². The van der Waals surface area contributed by atoms with Crippen molar-refractivity contribution in [3.05, 3.63) is 101 Å². The molecule has 0 atom stereocenters. The van der Waals surface area contributed by atoms with Crippen LogP contribution in [0, 0.1) is 17.3 Å². The molecule has 1 N–H and O–H groups in total. The van der Waals surface area contributed by atoms with Gasteiger partial charge in [0.05, 0.1) is 18.3 Å². The van der Waals surface area contributed by atoms with Gasteiger partial charge in [-0.1, -0.05) is 36.4 Å². The summed E-state index contributed by atoms with van der Waals surface area (Å²) in [5.41, 5.74) is 4.44. The predicted octanol–water partition coefficient (Wildman–Crippen LogP) is 6.38. The lowest BCUT2D eigenvalue weighted by molar-refractivity contribution is -0.384. The summed E-state index contributed by atoms with van der Waals surface area (Å²) in [6.07, 6.45) is 3.06. The Morgan fingerprint density at radius 3 is 2.53 bits per heavy atom. The summed E-state index contributed by atoms with van der Waals surface area (Å²) in [6.45, 7) is 0.467. The number of hydrogen-bond donors (Lipinski definition) is 1. The molecule has 1 aromatic heterocycles. The van der Waals surface area contributed by atoms with Crippen molar-refractivity contribution in [3.63, 3.8) is 0 Å². The molecule has 160 valence electrons. The zero-order valence-corrected chi connectivity index (χ0v) is 20.8. The van der Waals surface area contributed by atoms with Gasteiger partial charge in [0.25, 0.3) is 0 Å². The lowest BCUT2D eigenvalue weighted by Gasteiger charge is -2.12. The number of hydrogen-bond acceptors (Lipinski definition) is 6. The van der Waals surface area contributed by atoms with Crippen LogP contribution in [0.5, 0.6) is 5.75 Å². The zero-order chi connectivity index (χ0) is 22.5. The number of aromatic nitrogens is 1. The third-order valence-corrected chi connectivity index (χ3v) is 6.19. The maximum absolute atomic E-state index is 11.1. The quantitative estimate of drug-likeness (QED) is 0.109. The van der Waals surface area contributed by atoms with Crippen LogP contribution in [-0.2, 0) is 6.61 Å². The SMILES string of the molecule is O=[N+]([O-])c1cccnc1N/N=C\c1cc(I)c(OCc2ccc3ccccc3c2)c(I)c1. The Hall–Kier alpha value is -2.80. The fourth-order valence-corrected chi connectivity index (χ4v) is 5.20. The third-order valence-electron chi connectivity index (χ3n) is 4.58. The van der Waals surface area contributed by atoms with E-state index in [0.29, 0.717) is 6.61 Å². The molecule has 0 unspecified atom stereocenters. The van der Waals surface area contributed by atoms with Crippen molar-refractivity contribution in [2.75, 3.05) is 5.43 Å². The molecule has 0 radical (unpaired) electrons. The van der Waals surface area contributed by atoms with Crippen LogP contribution in [0.3, 0.4) is 0 Å². The molecule has 0 bridgehead atoms. The number of rotatable bonds is 7. The summed E-state index contributed by atoms with van der Waals surface area (Å²) in [5, 5.41) is 17.6. The van der Waals surface area contributed by atoms with Crippen LogP contribution in [0.15, 0.2) is 78.0 Å². The third kappa shape index (κ3) is 5.33. The first kappa shape index (κ1) is 22.4. The van der Waals surface area contributed by atoms with Crippen molar-refractivity contribution in [1.82, 2.24) is 4.98 Å². The molecule has 0 aliphatic carbocycles. The predicted molar refractivity (Wildman–Crippen MR) is 142 cm³/mol. The highest BCUT2D eigenvalue weighted by Crippen LogP contribution is 2.30. The van der Waals surface area contributed by atoms with Gasteiger partial charge in [0, 0.05) is 12.3 Å². The normalized spacial score (nSPS) is 11.1. The number of hydrazone groups is 1. The molecular formula is C23H16I2N4O3. The molecule has 0 spiro atoms. The van der Waals surface area contributed by atoms with Gasteiger partial charge in [-0.3, -0.25) is 15.5 Å². The topological polar surface area (TPSA) is 89.7 Å². The minimum atomic E-state index is -0.502. The molecule has 0 fully saturated rings. The van der Waals surface area contributed by atoms with Crippen molar-refractivity contribution >= 4 is 73.7 Å². The Balaban J connectivity index is 1.46. The average Bonchev–Trinajstić information content (AvgIpc) is 2.78. The lowest BCUT2D eigenvalue weighted by Crippen LogP contribution is -2.01. The van der Waals surface area contributed by atoms with Crippen LogP contribution in [0.2, 0.25) is 0 Å². The second-order valence-electron chi connectivity index (χ2n) is 6.78. The van der Waals surface area contributed by atoms with Gasteiger partial charge in [0.15, 0.2) is 0 Å². The summed E-state index contributed by atoms with van der Waals surface area (Å²) >= 11 is 4.46. The molecular weight excluding hydrogens is 634 g/mol. The molecule has 7 nitrogen and oxygen atoms in total. The minimum Gasteiger partial charge on any atom is -0.487 e. The van der Waals surface area contributed by atoms with E-state index in [2.05, 4.69) is 91.0 Å². The molecule has 0 amide bonds. The number of nitrogens with one attached hydrogen (secondary N) is 1. The summed E-state index contributed by atoms with van der Waals surface area (Å²) < 4.78 is 8.00. The van der Waals surface area contributed by atoms with Gasteiger partial charge in [0.2, 0.25) is 5.82 Å². The average molecular weight is 650 g/mol. The molecule has 3 aromatic carbocycles. The fourth-order valence-electron chi connectivity index (χ4n) is 3.07. The van der Waals surface area contributed by atoms with Crippen LogP contribution >= 0.6 is 45.2 Å². The van der Waals surface area contributed by atoms with E-state index < -0.39 is 4.92 Å². The largest absolute Gasteiger partial charge is 0.487 e. The molecule has 4 aromatic rings. The Kier molecular flexibility index (Phi) is 7.15. The van der Waals surface area contributed by atoms with Crippen LogP contribution < -0.4 is 10.2 Å². The van der Waals surface area contributed by atoms with E-state index >= 15 is 0 Å². The summed E-state index contributed by atoms with van der Waals surface area (Å²) in [5.74, 6) is 0.901. The number of fused-ring (bicyclic) bond motifs is 1. The second kappa shape index (κ2) is 10.2. The standard InChI is InChI=1S/C23H16I2N4O3/c24-19-11-16(13-27-28-23-21(29(30)31)6-3-9-26-23)12-20(25)22(19)32-14-15-7-8-17-4-1-2-5-18(17)10-15/h1-13H,14H2,(H,26,28)/b27-13-. The highest BCUT2D eigenvalue weighted by molar-refractivity contribution is 14.1. The smallest absolute Gasteiger partial charge is 0.313 e. The summed E-state index contributed by atoms with van der Waals surface area (Å²) in [7, 11) is 0. The molecule has 1 heterocycles. The number of halogens is 2. The number of anilines is 1. The first-order valence-corrected chi connectivity index (χ1v) is 11.6. The maximum atomic E-state index is 11.1. The van der Waals surface area contributed by atoms with E-state index in [-0.39, 0.29) is 11.5 Å². The van der Waals surface area contributed by atoms with Gasteiger partial charge < -0.3 is 4.74 Å². The van der Waals surface area contributed by atoms with Crippen molar-refractivity contribution in [2.24, 2.45) is 5.10 Å². The number of pyridine rings is 1. The zero-order valence-electron chi connectivity index (χ0n) is 16.5. The fraction of sp³-hybridized carbons (Fsp3) is 0.0435. The lowest BCUT2D eigenvalue weighted by atomic mass is 10.1. The van der Waals surface area contributed by atoms with E-state index in [1.54, 1.807) is 6.21 Å².